The Morgan fingerprint density at radius 1 is 0.810 bits per heavy atom. The predicted octanol–water partition coefficient (Wildman–Crippen LogP) is 0.403. The highest BCUT2D eigenvalue weighted by Crippen LogP contribution is 2.15. The van der Waals surface area contributed by atoms with E-state index in [0.29, 0.717) is 6.42 Å². The van der Waals surface area contributed by atoms with Crippen LogP contribution in [0, 0.1) is 0 Å². The summed E-state index contributed by atoms with van der Waals surface area (Å²) in [6.07, 6.45) is 0.989. The van der Waals surface area contributed by atoms with Crippen LogP contribution in [0.25, 0.3) is 0 Å². The van der Waals surface area contributed by atoms with Crippen molar-refractivity contribution in [2.24, 2.45) is 0 Å². The number of carboxylic acids is 4. The number of aliphatic hydroxyl groups is 1. The van der Waals surface area contributed by atoms with Crippen molar-refractivity contribution in [2.45, 2.75) is 51.0 Å². The number of unbranched alkanes of at least 4 members (excludes halogenated alkanes) is 2. The Labute approximate surface area is 120 Å². The van der Waals surface area contributed by atoms with Gasteiger partial charge in [-0.15, -0.1) is 0 Å². The molecule has 0 amide bonds. The molecule has 9 nitrogen and oxygen atoms in total. The van der Waals surface area contributed by atoms with Gasteiger partial charge in [0.05, 0.1) is 12.8 Å². The summed E-state index contributed by atoms with van der Waals surface area (Å²) in [6.45, 7) is 2.06. The molecular formula is C12H20O9. The molecule has 0 saturated carbocycles. The third-order valence-corrected chi connectivity index (χ3v) is 2.28. The van der Waals surface area contributed by atoms with Gasteiger partial charge in [-0.05, 0) is 6.42 Å². The zero-order valence-corrected chi connectivity index (χ0v) is 11.6. The van der Waals surface area contributed by atoms with Crippen LogP contribution in [-0.4, -0.2) is 55.0 Å². The lowest BCUT2D eigenvalue weighted by molar-refractivity contribution is -0.170. The van der Waals surface area contributed by atoms with Crippen molar-refractivity contribution < 1.29 is 44.7 Å². The van der Waals surface area contributed by atoms with Gasteiger partial charge in [-0.3, -0.25) is 14.4 Å². The standard InChI is InChI=1S/C6H8O7.C6H12O2/c7-3(8)1-6(13,5(11)12)2-4(9)10;1-2-3-4-5-6(7)8/h13H,1-2H2,(H,7,8)(H,9,10)(H,11,12);2-5H2,1H3,(H,7,8). The lowest BCUT2D eigenvalue weighted by Gasteiger charge is -2.18. The second kappa shape index (κ2) is 10.6. The highest BCUT2D eigenvalue weighted by molar-refractivity contribution is 5.88. The number of carbonyl (C=O) groups is 4. The summed E-state index contributed by atoms with van der Waals surface area (Å²) in [7, 11) is 0. The Bertz CT molecular complexity index is 359. The lowest BCUT2D eigenvalue weighted by Crippen LogP contribution is -2.42. The van der Waals surface area contributed by atoms with E-state index in [-0.39, 0.29) is 0 Å². The highest BCUT2D eigenvalue weighted by Gasteiger charge is 2.40. The van der Waals surface area contributed by atoms with Crippen molar-refractivity contribution in [3.8, 4) is 0 Å². The van der Waals surface area contributed by atoms with E-state index in [0.717, 1.165) is 19.3 Å². The fraction of sp³-hybridized carbons (Fsp3) is 0.667. The second-order valence-corrected chi connectivity index (χ2v) is 4.33. The summed E-state index contributed by atoms with van der Waals surface area (Å²) in [5.41, 5.74) is -2.74. The lowest BCUT2D eigenvalue weighted by atomic mass is 9.96. The number of aliphatic carboxylic acids is 4. The third-order valence-electron chi connectivity index (χ3n) is 2.28. The Kier molecular flexibility index (Phi) is 10.7. The van der Waals surface area contributed by atoms with Gasteiger partial charge in [0.2, 0.25) is 0 Å². The molecule has 0 heterocycles. The second-order valence-electron chi connectivity index (χ2n) is 4.33. The van der Waals surface area contributed by atoms with Gasteiger partial charge in [0.15, 0.2) is 5.60 Å². The predicted molar refractivity (Wildman–Crippen MR) is 68.9 cm³/mol. The Morgan fingerprint density at radius 3 is 1.48 bits per heavy atom. The van der Waals surface area contributed by atoms with Crippen LogP contribution in [0.3, 0.4) is 0 Å². The molecular weight excluding hydrogens is 288 g/mol. The maximum atomic E-state index is 10.3. The first-order valence-corrected chi connectivity index (χ1v) is 6.16. The van der Waals surface area contributed by atoms with Gasteiger partial charge in [-0.25, -0.2) is 4.79 Å². The molecule has 0 fully saturated rings. The van der Waals surface area contributed by atoms with Crippen molar-refractivity contribution in [3.05, 3.63) is 0 Å². The molecule has 0 rings (SSSR count). The molecule has 0 atom stereocenters. The average Bonchev–Trinajstić information content (AvgIpc) is 2.27. The van der Waals surface area contributed by atoms with E-state index < -0.39 is 42.3 Å². The molecule has 0 aliphatic heterocycles. The van der Waals surface area contributed by atoms with Crippen LogP contribution in [0.5, 0.6) is 0 Å². The van der Waals surface area contributed by atoms with Crippen molar-refractivity contribution in [1.82, 2.24) is 0 Å². The summed E-state index contributed by atoms with van der Waals surface area (Å²) in [5.74, 6) is -5.70. The van der Waals surface area contributed by atoms with Gasteiger partial charge >= 0.3 is 23.9 Å². The Morgan fingerprint density at radius 2 is 1.24 bits per heavy atom. The van der Waals surface area contributed by atoms with Crippen LogP contribution in [0.2, 0.25) is 0 Å². The molecule has 0 aromatic rings. The Hall–Kier alpha value is -2.16. The van der Waals surface area contributed by atoms with Gasteiger partial charge in [-0.2, -0.15) is 0 Å². The SMILES string of the molecule is CCCCCC(=O)O.O=C(O)CC(O)(CC(=O)O)C(=O)O. The van der Waals surface area contributed by atoms with Crippen LogP contribution < -0.4 is 0 Å². The molecule has 0 saturated heterocycles. The molecule has 0 aromatic carbocycles. The van der Waals surface area contributed by atoms with E-state index >= 15 is 0 Å². The van der Waals surface area contributed by atoms with Crippen LogP contribution in [0.1, 0.15) is 45.4 Å². The normalized spacial score (nSPS) is 10.2. The van der Waals surface area contributed by atoms with Crippen LogP contribution in [-0.2, 0) is 19.2 Å². The van der Waals surface area contributed by atoms with Crippen LogP contribution >= 0.6 is 0 Å². The topological polar surface area (TPSA) is 169 Å². The Balaban J connectivity index is 0. The quantitative estimate of drug-likeness (QED) is 0.378. The van der Waals surface area contributed by atoms with Crippen molar-refractivity contribution in [3.63, 3.8) is 0 Å². The van der Waals surface area contributed by atoms with Crippen LogP contribution in [0.4, 0.5) is 0 Å². The molecule has 21 heavy (non-hydrogen) atoms. The molecule has 122 valence electrons. The minimum Gasteiger partial charge on any atom is -0.481 e. The zero-order chi connectivity index (χ0) is 17.1. The number of hydrogen-bond acceptors (Lipinski definition) is 5. The number of carboxylic acid groups (broad SMARTS) is 4. The van der Waals surface area contributed by atoms with Gasteiger partial charge in [-0.1, -0.05) is 19.8 Å². The molecule has 0 radical (unpaired) electrons. The minimum absolute atomic E-state index is 0.327. The smallest absolute Gasteiger partial charge is 0.336 e. The zero-order valence-electron chi connectivity index (χ0n) is 11.6. The molecule has 0 unspecified atom stereocenters. The van der Waals surface area contributed by atoms with E-state index in [1.54, 1.807) is 0 Å². The van der Waals surface area contributed by atoms with E-state index in [1.807, 2.05) is 0 Å². The maximum absolute atomic E-state index is 10.3. The first-order chi connectivity index (χ1) is 9.55. The number of rotatable bonds is 9. The third kappa shape index (κ3) is 12.6. The largest absolute Gasteiger partial charge is 0.481 e. The van der Waals surface area contributed by atoms with Crippen molar-refractivity contribution >= 4 is 23.9 Å². The molecule has 5 N–H and O–H groups in total. The number of hydrogen-bond donors (Lipinski definition) is 5. The van der Waals surface area contributed by atoms with Gasteiger partial charge in [0, 0.05) is 6.42 Å². The molecule has 9 heteroatoms. The monoisotopic (exact) mass is 308 g/mol. The summed E-state index contributed by atoms with van der Waals surface area (Å²) in [6, 6.07) is 0. The van der Waals surface area contributed by atoms with Gasteiger partial charge < -0.3 is 25.5 Å². The van der Waals surface area contributed by atoms with Crippen molar-refractivity contribution in [1.29, 1.82) is 0 Å². The summed E-state index contributed by atoms with van der Waals surface area (Å²) in [4.78, 5) is 40.4. The molecule has 0 aliphatic rings. The molecule has 0 spiro atoms. The van der Waals surface area contributed by atoms with Gasteiger partial charge in [0.25, 0.3) is 0 Å². The fourth-order valence-corrected chi connectivity index (χ4v) is 1.24. The average molecular weight is 308 g/mol. The van der Waals surface area contributed by atoms with E-state index in [2.05, 4.69) is 6.92 Å². The maximum Gasteiger partial charge on any atom is 0.336 e. The first kappa shape index (κ1) is 21.1. The highest BCUT2D eigenvalue weighted by atomic mass is 16.4. The van der Waals surface area contributed by atoms with E-state index in [1.165, 1.54) is 0 Å². The summed E-state index contributed by atoms with van der Waals surface area (Å²) < 4.78 is 0. The van der Waals surface area contributed by atoms with Crippen LogP contribution in [0.15, 0.2) is 0 Å². The fourth-order valence-electron chi connectivity index (χ4n) is 1.24. The first-order valence-electron chi connectivity index (χ1n) is 6.16. The molecule has 0 bridgehead atoms. The van der Waals surface area contributed by atoms with E-state index in [4.69, 9.17) is 25.5 Å². The molecule has 0 aromatic heterocycles. The van der Waals surface area contributed by atoms with Crippen molar-refractivity contribution in [2.75, 3.05) is 0 Å². The minimum atomic E-state index is -2.74. The van der Waals surface area contributed by atoms with E-state index in [9.17, 15) is 19.2 Å². The van der Waals surface area contributed by atoms with Gasteiger partial charge in [0.1, 0.15) is 0 Å². The summed E-state index contributed by atoms with van der Waals surface area (Å²) >= 11 is 0. The summed E-state index contributed by atoms with van der Waals surface area (Å²) in [5, 5.41) is 42.0. The molecule has 0 aliphatic carbocycles.